The summed E-state index contributed by atoms with van der Waals surface area (Å²) >= 11 is 5.78. The van der Waals surface area contributed by atoms with Gasteiger partial charge in [0.2, 0.25) is 0 Å². The van der Waals surface area contributed by atoms with Crippen LogP contribution in [0.5, 0.6) is 0 Å². The van der Waals surface area contributed by atoms with Crippen LogP contribution in [0.3, 0.4) is 0 Å². The fourth-order valence-corrected chi connectivity index (χ4v) is 4.11. The van der Waals surface area contributed by atoms with Gasteiger partial charge in [0.05, 0.1) is 10.6 Å². The quantitative estimate of drug-likeness (QED) is 0.784. The molecule has 2 aromatic carbocycles. The number of para-hydroxylation sites is 1. The van der Waals surface area contributed by atoms with Gasteiger partial charge in [0.25, 0.3) is 10.0 Å². The lowest BCUT2D eigenvalue weighted by Gasteiger charge is -2.24. The molecule has 6 heteroatoms. The Bertz CT molecular complexity index is 720. The Morgan fingerprint density at radius 2 is 1.81 bits per heavy atom. The standard InChI is InChI=1S/C15H15ClFNO2S/c1-2-18(14-6-4-3-5-7-14)21(19,20)15-10-13(17)9-8-12(15)11-16/h3-10H,2,11H2,1H3. The Morgan fingerprint density at radius 3 is 2.38 bits per heavy atom. The molecule has 112 valence electrons. The average molecular weight is 328 g/mol. The van der Waals surface area contributed by atoms with Crippen LogP contribution in [0.4, 0.5) is 10.1 Å². The second-order valence-electron chi connectivity index (χ2n) is 4.39. The minimum atomic E-state index is -3.86. The SMILES string of the molecule is CCN(c1ccccc1)S(=O)(=O)c1cc(F)ccc1CCl. The van der Waals surface area contributed by atoms with E-state index in [0.717, 1.165) is 6.07 Å². The molecular formula is C15H15ClFNO2S. The molecule has 0 atom stereocenters. The summed E-state index contributed by atoms with van der Waals surface area (Å²) in [6.07, 6.45) is 0. The van der Waals surface area contributed by atoms with Crippen LogP contribution in [0, 0.1) is 5.82 Å². The van der Waals surface area contributed by atoms with Crippen molar-refractivity contribution in [1.82, 2.24) is 0 Å². The lowest BCUT2D eigenvalue weighted by molar-refractivity contribution is 0.586. The Balaban J connectivity index is 2.58. The highest BCUT2D eigenvalue weighted by Gasteiger charge is 2.26. The Morgan fingerprint density at radius 1 is 1.14 bits per heavy atom. The zero-order valence-corrected chi connectivity index (χ0v) is 13.0. The molecule has 2 rings (SSSR count). The summed E-state index contributed by atoms with van der Waals surface area (Å²) in [5, 5.41) is 0. The van der Waals surface area contributed by atoms with Gasteiger partial charge >= 0.3 is 0 Å². The molecular weight excluding hydrogens is 313 g/mol. The van der Waals surface area contributed by atoms with Crippen molar-refractivity contribution in [2.24, 2.45) is 0 Å². The van der Waals surface area contributed by atoms with Crippen molar-refractivity contribution in [1.29, 1.82) is 0 Å². The molecule has 2 aromatic rings. The molecule has 0 amide bonds. The predicted octanol–water partition coefficient (Wildman–Crippen LogP) is 3.78. The van der Waals surface area contributed by atoms with Crippen LogP contribution in [-0.2, 0) is 15.9 Å². The van der Waals surface area contributed by atoms with E-state index in [2.05, 4.69) is 0 Å². The average Bonchev–Trinajstić information content (AvgIpc) is 2.49. The highest BCUT2D eigenvalue weighted by Crippen LogP contribution is 2.27. The number of alkyl halides is 1. The highest BCUT2D eigenvalue weighted by molar-refractivity contribution is 7.92. The summed E-state index contributed by atoms with van der Waals surface area (Å²) in [4.78, 5) is -0.0943. The number of nitrogens with zero attached hydrogens (tertiary/aromatic N) is 1. The van der Waals surface area contributed by atoms with E-state index in [4.69, 9.17) is 11.6 Å². The molecule has 0 radical (unpaired) electrons. The summed E-state index contributed by atoms with van der Waals surface area (Å²) < 4.78 is 40.3. The van der Waals surface area contributed by atoms with Gasteiger partial charge in [-0.15, -0.1) is 11.6 Å². The van der Waals surface area contributed by atoms with Crippen LogP contribution in [-0.4, -0.2) is 15.0 Å². The van der Waals surface area contributed by atoms with E-state index in [1.165, 1.54) is 16.4 Å². The van der Waals surface area contributed by atoms with Crippen molar-refractivity contribution < 1.29 is 12.8 Å². The van der Waals surface area contributed by atoms with Gasteiger partial charge in [-0.25, -0.2) is 12.8 Å². The first-order valence-electron chi connectivity index (χ1n) is 6.43. The molecule has 0 spiro atoms. The molecule has 0 aliphatic heterocycles. The van der Waals surface area contributed by atoms with Crippen LogP contribution >= 0.6 is 11.6 Å². The second-order valence-corrected chi connectivity index (χ2v) is 6.49. The lowest BCUT2D eigenvalue weighted by Crippen LogP contribution is -2.31. The Hall–Kier alpha value is -1.59. The van der Waals surface area contributed by atoms with Crippen molar-refractivity contribution in [2.45, 2.75) is 17.7 Å². The first kappa shape index (κ1) is 15.8. The minimum Gasteiger partial charge on any atom is -0.267 e. The van der Waals surface area contributed by atoms with Crippen LogP contribution in [0.1, 0.15) is 12.5 Å². The van der Waals surface area contributed by atoms with Gasteiger partial charge in [-0.2, -0.15) is 0 Å². The molecule has 0 saturated carbocycles. The van der Waals surface area contributed by atoms with Crippen molar-refractivity contribution in [3.05, 3.63) is 59.9 Å². The summed E-state index contributed by atoms with van der Waals surface area (Å²) in [5.41, 5.74) is 0.914. The van der Waals surface area contributed by atoms with Gasteiger partial charge in [-0.3, -0.25) is 4.31 Å². The first-order chi connectivity index (χ1) is 10.0. The summed E-state index contributed by atoms with van der Waals surface area (Å²) in [7, 11) is -3.86. The van der Waals surface area contributed by atoms with E-state index < -0.39 is 15.8 Å². The third-order valence-corrected chi connectivity index (χ3v) is 5.35. The predicted molar refractivity (Wildman–Crippen MR) is 82.6 cm³/mol. The molecule has 0 aromatic heterocycles. The van der Waals surface area contributed by atoms with Gasteiger partial charge in [0.1, 0.15) is 5.82 Å². The first-order valence-corrected chi connectivity index (χ1v) is 8.40. The van der Waals surface area contributed by atoms with Gasteiger partial charge in [0, 0.05) is 12.4 Å². The van der Waals surface area contributed by atoms with Crippen LogP contribution in [0.15, 0.2) is 53.4 Å². The van der Waals surface area contributed by atoms with Gasteiger partial charge < -0.3 is 0 Å². The van der Waals surface area contributed by atoms with E-state index in [1.807, 2.05) is 0 Å². The molecule has 3 nitrogen and oxygen atoms in total. The van der Waals surface area contributed by atoms with E-state index in [0.29, 0.717) is 11.3 Å². The fraction of sp³-hybridized carbons (Fsp3) is 0.200. The van der Waals surface area contributed by atoms with E-state index in [1.54, 1.807) is 37.3 Å². The van der Waals surface area contributed by atoms with Crippen LogP contribution < -0.4 is 4.31 Å². The number of hydrogen-bond acceptors (Lipinski definition) is 2. The number of benzene rings is 2. The maximum Gasteiger partial charge on any atom is 0.264 e. The summed E-state index contributed by atoms with van der Waals surface area (Å²) in [6, 6.07) is 12.3. The van der Waals surface area contributed by atoms with Crippen LogP contribution in [0.2, 0.25) is 0 Å². The Labute approximate surface area is 129 Å². The lowest BCUT2D eigenvalue weighted by atomic mass is 10.2. The fourth-order valence-electron chi connectivity index (χ4n) is 2.08. The monoisotopic (exact) mass is 327 g/mol. The van der Waals surface area contributed by atoms with Crippen molar-refractivity contribution in [3.8, 4) is 0 Å². The van der Waals surface area contributed by atoms with E-state index in [9.17, 15) is 12.8 Å². The zero-order chi connectivity index (χ0) is 15.5. The number of rotatable bonds is 5. The minimum absolute atomic E-state index is 0.00118. The van der Waals surface area contributed by atoms with Crippen molar-refractivity contribution in [2.75, 3.05) is 10.8 Å². The highest BCUT2D eigenvalue weighted by atomic mass is 35.5. The second kappa shape index (κ2) is 6.45. The largest absolute Gasteiger partial charge is 0.267 e. The zero-order valence-electron chi connectivity index (χ0n) is 11.5. The summed E-state index contributed by atoms with van der Waals surface area (Å²) in [5.74, 6) is -0.604. The van der Waals surface area contributed by atoms with Crippen molar-refractivity contribution >= 4 is 27.3 Å². The number of sulfonamides is 1. The maximum absolute atomic E-state index is 13.5. The van der Waals surface area contributed by atoms with Crippen LogP contribution in [0.25, 0.3) is 0 Å². The van der Waals surface area contributed by atoms with Gasteiger partial charge in [-0.1, -0.05) is 24.3 Å². The molecule has 0 aliphatic rings. The molecule has 0 unspecified atom stereocenters. The third-order valence-electron chi connectivity index (χ3n) is 3.07. The normalized spacial score (nSPS) is 11.4. The maximum atomic E-state index is 13.5. The number of anilines is 1. The summed E-state index contributed by atoms with van der Waals surface area (Å²) in [6.45, 7) is 1.97. The molecule has 0 bridgehead atoms. The van der Waals surface area contributed by atoms with Crippen molar-refractivity contribution in [3.63, 3.8) is 0 Å². The smallest absolute Gasteiger partial charge is 0.264 e. The Kier molecular flexibility index (Phi) is 4.85. The number of hydrogen-bond donors (Lipinski definition) is 0. The topological polar surface area (TPSA) is 37.4 Å². The van der Waals surface area contributed by atoms with Gasteiger partial charge in [0.15, 0.2) is 0 Å². The van der Waals surface area contributed by atoms with E-state index >= 15 is 0 Å². The van der Waals surface area contributed by atoms with Gasteiger partial charge in [-0.05, 0) is 36.8 Å². The number of halogens is 2. The molecule has 0 saturated heterocycles. The molecule has 0 N–H and O–H groups in total. The van der Waals surface area contributed by atoms with E-state index in [-0.39, 0.29) is 17.3 Å². The molecule has 0 fully saturated rings. The third kappa shape index (κ3) is 3.19. The molecule has 21 heavy (non-hydrogen) atoms. The molecule has 0 aliphatic carbocycles. The molecule has 0 heterocycles.